The maximum Gasteiger partial charge on any atom is 0.250 e. The minimum atomic E-state index is -0.582. The van der Waals surface area contributed by atoms with Gasteiger partial charge in [0.2, 0.25) is 0 Å². The number of carbonyl (C=O) groups excluding carboxylic acids is 1. The average Bonchev–Trinajstić information content (AvgIpc) is 3.31. The molecule has 3 aliphatic heterocycles. The van der Waals surface area contributed by atoms with E-state index in [9.17, 15) is 4.79 Å². The number of aromatic nitrogens is 2. The molecule has 0 fully saturated rings. The Morgan fingerprint density at radius 3 is 2.81 bits per heavy atom. The van der Waals surface area contributed by atoms with Gasteiger partial charge in [0.25, 0.3) is 5.91 Å². The molecule has 7 nitrogen and oxygen atoms in total. The fourth-order valence-corrected chi connectivity index (χ4v) is 5.44. The van der Waals surface area contributed by atoms with Crippen LogP contribution in [0.5, 0.6) is 0 Å². The van der Waals surface area contributed by atoms with Crippen LogP contribution in [0.1, 0.15) is 44.9 Å². The molecule has 7 heteroatoms. The van der Waals surface area contributed by atoms with Crippen LogP contribution in [0.15, 0.2) is 63.7 Å². The lowest BCUT2D eigenvalue weighted by Gasteiger charge is -2.48. The van der Waals surface area contributed by atoms with Gasteiger partial charge in [-0.2, -0.15) is 15.3 Å². The number of nitrogens with zero attached hydrogens (tertiary/aromatic N) is 4. The minimum Gasteiger partial charge on any atom is -0.362 e. The second-order valence-electron chi connectivity index (χ2n) is 9.37. The molecule has 5 rings (SSSR count). The smallest absolute Gasteiger partial charge is 0.250 e. The quantitative estimate of drug-likeness (QED) is 0.797. The molecule has 0 radical (unpaired) electrons. The van der Waals surface area contributed by atoms with Gasteiger partial charge in [-0.15, -0.1) is 0 Å². The van der Waals surface area contributed by atoms with Crippen molar-refractivity contribution in [2.45, 2.75) is 57.7 Å². The maximum atomic E-state index is 13.5. The van der Waals surface area contributed by atoms with E-state index in [-0.39, 0.29) is 17.6 Å². The summed E-state index contributed by atoms with van der Waals surface area (Å²) in [6.07, 6.45) is 5.11. The van der Waals surface area contributed by atoms with E-state index < -0.39 is 5.41 Å². The summed E-state index contributed by atoms with van der Waals surface area (Å²) in [7, 11) is 1.93. The summed E-state index contributed by atoms with van der Waals surface area (Å²) in [6.45, 7) is 8.27. The van der Waals surface area contributed by atoms with Gasteiger partial charge in [-0.25, -0.2) is 0 Å². The van der Waals surface area contributed by atoms with Crippen molar-refractivity contribution in [3.63, 3.8) is 0 Å². The molecule has 1 amide bonds. The normalized spacial score (nSPS) is 26.2. The van der Waals surface area contributed by atoms with Crippen LogP contribution < -0.4 is 10.6 Å². The number of benzene rings is 1. The van der Waals surface area contributed by atoms with Crippen LogP contribution >= 0.6 is 0 Å². The lowest BCUT2D eigenvalue weighted by atomic mass is 9.62. The van der Waals surface area contributed by atoms with Gasteiger partial charge >= 0.3 is 0 Å². The molecule has 3 aliphatic rings. The molecule has 0 aliphatic carbocycles. The first-order chi connectivity index (χ1) is 14.7. The third kappa shape index (κ3) is 2.86. The zero-order valence-electron chi connectivity index (χ0n) is 18.7. The van der Waals surface area contributed by atoms with Crippen LogP contribution in [0.3, 0.4) is 0 Å². The molecule has 1 unspecified atom stereocenters. The third-order valence-electron chi connectivity index (χ3n) is 6.71. The zero-order chi connectivity index (χ0) is 22.0. The van der Waals surface area contributed by atoms with Crippen LogP contribution in [0.2, 0.25) is 0 Å². The number of hydrogen-bond donors (Lipinski definition) is 2. The van der Waals surface area contributed by atoms with Crippen LogP contribution in [0.25, 0.3) is 11.1 Å². The molecule has 2 N–H and O–H groups in total. The summed E-state index contributed by atoms with van der Waals surface area (Å²) in [6, 6.07) is 8.50. The highest BCUT2D eigenvalue weighted by atomic mass is 16.2. The molecule has 0 saturated carbocycles. The topological polar surface area (TPSA) is 83.7 Å². The first-order valence-electron chi connectivity index (χ1n) is 10.8. The van der Waals surface area contributed by atoms with Crippen molar-refractivity contribution in [1.82, 2.24) is 20.4 Å². The Bertz CT molecular complexity index is 1180. The van der Waals surface area contributed by atoms with Crippen molar-refractivity contribution in [3.05, 3.63) is 64.8 Å². The predicted molar refractivity (Wildman–Crippen MR) is 119 cm³/mol. The molecule has 2 atom stereocenters. The van der Waals surface area contributed by atoms with Crippen LogP contribution in [0.4, 0.5) is 0 Å². The molecular weight excluding hydrogens is 388 g/mol. The molecule has 31 heavy (non-hydrogen) atoms. The lowest BCUT2D eigenvalue weighted by molar-refractivity contribution is -0.120. The summed E-state index contributed by atoms with van der Waals surface area (Å²) >= 11 is 0. The number of hydrogen-bond acceptors (Lipinski definition) is 5. The van der Waals surface area contributed by atoms with Crippen molar-refractivity contribution in [3.8, 4) is 11.1 Å². The largest absolute Gasteiger partial charge is 0.362 e. The van der Waals surface area contributed by atoms with Crippen molar-refractivity contribution < 1.29 is 4.79 Å². The van der Waals surface area contributed by atoms with E-state index in [1.807, 2.05) is 31.1 Å². The van der Waals surface area contributed by atoms with Gasteiger partial charge in [-0.05, 0) is 44.4 Å². The van der Waals surface area contributed by atoms with Gasteiger partial charge in [0.1, 0.15) is 0 Å². The molecule has 1 aromatic carbocycles. The van der Waals surface area contributed by atoms with Crippen molar-refractivity contribution in [2.24, 2.45) is 17.3 Å². The number of azo groups is 1. The summed E-state index contributed by atoms with van der Waals surface area (Å²) in [5.74, 6) is -0.0187. The van der Waals surface area contributed by atoms with Gasteiger partial charge in [0.15, 0.2) is 6.17 Å². The fraction of sp³-hybridized carbons (Fsp3) is 0.417. The zero-order valence-corrected chi connectivity index (χ0v) is 18.7. The summed E-state index contributed by atoms with van der Waals surface area (Å²) in [5, 5.41) is 19.9. The van der Waals surface area contributed by atoms with Crippen LogP contribution in [-0.2, 0) is 17.3 Å². The standard InChI is InChI=1S/C24H28N6O/c1-6-24(16-9-7-8-15(10-16)17-13-30(5)29-14(17)2)18-12-25-28-21(18)26-19-11-23(3,4)27-22(31)20(19)24/h7-10,12-13,21,26H,6,11H2,1-5H3,(H,27,31)/t21?,24-/m0/s1. The van der Waals surface area contributed by atoms with Gasteiger partial charge in [0, 0.05) is 42.0 Å². The Labute approximate surface area is 182 Å². The lowest BCUT2D eigenvalue weighted by Crippen LogP contribution is -2.58. The van der Waals surface area contributed by atoms with E-state index in [0.717, 1.165) is 52.1 Å². The van der Waals surface area contributed by atoms with Crippen molar-refractivity contribution in [1.29, 1.82) is 0 Å². The van der Waals surface area contributed by atoms with E-state index >= 15 is 0 Å². The van der Waals surface area contributed by atoms with Gasteiger partial charge in [0.05, 0.1) is 22.9 Å². The number of fused-ring (bicyclic) bond motifs is 1. The molecule has 0 spiro atoms. The van der Waals surface area contributed by atoms with Gasteiger partial charge in [-0.1, -0.05) is 25.1 Å². The molecule has 4 heterocycles. The molecular formula is C24H28N6O. The minimum absolute atomic E-state index is 0.0187. The Hall–Kier alpha value is -3.22. The number of rotatable bonds is 3. The highest BCUT2D eigenvalue weighted by Crippen LogP contribution is 2.51. The van der Waals surface area contributed by atoms with Gasteiger partial charge in [-0.3, -0.25) is 9.48 Å². The highest BCUT2D eigenvalue weighted by molar-refractivity contribution is 6.00. The van der Waals surface area contributed by atoms with E-state index in [1.54, 1.807) is 0 Å². The second kappa shape index (κ2) is 6.64. The number of aryl methyl sites for hydroxylation is 2. The second-order valence-corrected chi connectivity index (χ2v) is 9.37. The monoisotopic (exact) mass is 416 g/mol. The van der Waals surface area contributed by atoms with E-state index in [0.29, 0.717) is 0 Å². The highest BCUT2D eigenvalue weighted by Gasteiger charge is 2.53. The number of carbonyl (C=O) groups is 1. The molecule has 2 aromatic rings. The Morgan fingerprint density at radius 2 is 2.10 bits per heavy atom. The SMILES string of the molecule is CC[C@]1(c2cccc(-c3cn(C)nc3C)c2)C2=CN=NC2NC2=C1C(=O)NC(C)(C)C2. The van der Waals surface area contributed by atoms with Crippen molar-refractivity contribution in [2.75, 3.05) is 0 Å². The first-order valence-corrected chi connectivity index (χ1v) is 10.8. The molecule has 0 saturated heterocycles. The number of amides is 1. The Kier molecular flexibility index (Phi) is 4.22. The number of nitrogens with one attached hydrogen (secondary N) is 2. The van der Waals surface area contributed by atoms with Crippen molar-refractivity contribution >= 4 is 5.91 Å². The maximum absolute atomic E-state index is 13.5. The predicted octanol–water partition coefficient (Wildman–Crippen LogP) is 3.87. The third-order valence-corrected chi connectivity index (χ3v) is 6.71. The molecule has 0 bridgehead atoms. The summed E-state index contributed by atoms with van der Waals surface area (Å²) in [5.41, 5.74) is 6.17. The average molecular weight is 417 g/mol. The summed E-state index contributed by atoms with van der Waals surface area (Å²) < 4.78 is 1.84. The van der Waals surface area contributed by atoms with E-state index in [1.165, 1.54) is 0 Å². The Balaban J connectivity index is 1.74. The van der Waals surface area contributed by atoms with E-state index in [2.05, 4.69) is 71.0 Å². The molecule has 160 valence electrons. The van der Waals surface area contributed by atoms with Crippen LogP contribution in [0, 0.1) is 6.92 Å². The van der Waals surface area contributed by atoms with E-state index in [4.69, 9.17) is 0 Å². The Morgan fingerprint density at radius 1 is 1.29 bits per heavy atom. The van der Waals surface area contributed by atoms with Gasteiger partial charge < -0.3 is 10.6 Å². The fourth-order valence-electron chi connectivity index (χ4n) is 5.44. The van der Waals surface area contributed by atoms with Crippen LogP contribution in [-0.4, -0.2) is 27.4 Å². The summed E-state index contributed by atoms with van der Waals surface area (Å²) in [4.78, 5) is 13.5. The molecule has 1 aromatic heterocycles. The first kappa shape index (κ1) is 19.7.